The highest BCUT2D eigenvalue weighted by Gasteiger charge is 2.37. The number of aromatic nitrogens is 1. The molecule has 0 bridgehead atoms. The average molecular weight is 464 g/mol. The van der Waals surface area contributed by atoms with Crippen molar-refractivity contribution in [2.45, 2.75) is 19.4 Å². The number of methoxy groups -OCH3 is 2. The summed E-state index contributed by atoms with van der Waals surface area (Å²) in [6.07, 6.45) is 0.660. The van der Waals surface area contributed by atoms with Gasteiger partial charge >= 0.3 is 6.03 Å². The number of nitrogens with one attached hydrogen (secondary N) is 1. The minimum absolute atomic E-state index is 0.0857. The summed E-state index contributed by atoms with van der Waals surface area (Å²) in [7, 11) is 3.19. The van der Waals surface area contributed by atoms with Gasteiger partial charge in [0.15, 0.2) is 11.5 Å². The molecule has 1 atom stereocenters. The van der Waals surface area contributed by atoms with Gasteiger partial charge in [0.25, 0.3) is 5.56 Å². The maximum absolute atomic E-state index is 13.7. The van der Waals surface area contributed by atoms with E-state index in [1.165, 1.54) is 0 Å². The first-order valence-corrected chi connectivity index (χ1v) is 11.5. The number of aromatic amines is 1. The van der Waals surface area contributed by atoms with Crippen LogP contribution in [0.25, 0.3) is 10.9 Å². The van der Waals surface area contributed by atoms with Crippen molar-refractivity contribution in [2.75, 3.05) is 47.1 Å². The third-order valence-corrected chi connectivity index (χ3v) is 6.81. The second-order valence-electron chi connectivity index (χ2n) is 8.73. The molecule has 1 saturated heterocycles. The lowest BCUT2D eigenvalue weighted by Gasteiger charge is -2.41. The number of rotatable bonds is 3. The molecule has 2 amide bonds. The maximum Gasteiger partial charge on any atom is 0.320 e. The van der Waals surface area contributed by atoms with Crippen LogP contribution >= 0.6 is 0 Å². The van der Waals surface area contributed by atoms with Crippen molar-refractivity contribution in [3.8, 4) is 11.5 Å². The van der Waals surface area contributed by atoms with E-state index in [1.54, 1.807) is 14.2 Å². The Morgan fingerprint density at radius 1 is 1.03 bits per heavy atom. The number of benzene rings is 2. The van der Waals surface area contributed by atoms with Gasteiger partial charge in [-0.25, -0.2) is 4.79 Å². The van der Waals surface area contributed by atoms with E-state index in [1.807, 2.05) is 53.1 Å². The van der Waals surface area contributed by atoms with Gasteiger partial charge in [0.2, 0.25) is 0 Å². The van der Waals surface area contributed by atoms with E-state index in [0.717, 1.165) is 27.6 Å². The Morgan fingerprint density at radius 3 is 2.50 bits per heavy atom. The minimum atomic E-state index is -0.549. The first-order valence-electron chi connectivity index (χ1n) is 11.5. The van der Waals surface area contributed by atoms with Crippen molar-refractivity contribution in [1.29, 1.82) is 0 Å². The Balaban J connectivity index is 1.69. The fourth-order valence-corrected chi connectivity index (χ4v) is 5.03. The molecule has 1 N–H and O–H groups in total. The normalized spacial score (nSPS) is 18.0. The van der Waals surface area contributed by atoms with E-state index in [9.17, 15) is 9.59 Å². The van der Waals surface area contributed by atoms with E-state index >= 15 is 0 Å². The smallest absolute Gasteiger partial charge is 0.320 e. The highest BCUT2D eigenvalue weighted by molar-refractivity contribution is 5.83. The molecule has 34 heavy (non-hydrogen) atoms. The van der Waals surface area contributed by atoms with Crippen molar-refractivity contribution in [2.24, 2.45) is 0 Å². The number of ether oxygens (including phenoxy) is 3. The van der Waals surface area contributed by atoms with Gasteiger partial charge < -0.3 is 29.0 Å². The standard InChI is InChI=1S/C26H29N3O5/c1-16-5-4-6-18-13-20(25(30)27-23(16)18)24-19-15-22(33-3)21(32-2)14-17(19)7-8-29(24)26(31)28-9-11-34-12-10-28/h4-6,13-15,24H,7-12H2,1-3H3,(H,27,30)/t24-/m0/s1. The zero-order valence-corrected chi connectivity index (χ0v) is 19.7. The number of hydrogen-bond donors (Lipinski definition) is 1. The second kappa shape index (κ2) is 9.02. The zero-order valence-electron chi connectivity index (χ0n) is 19.7. The lowest BCUT2D eigenvalue weighted by Crippen LogP contribution is -2.52. The van der Waals surface area contributed by atoms with Crippen LogP contribution in [0.1, 0.15) is 28.3 Å². The molecule has 1 fully saturated rings. The van der Waals surface area contributed by atoms with Crippen LogP contribution in [0, 0.1) is 6.92 Å². The Bertz CT molecular complexity index is 1300. The van der Waals surface area contributed by atoms with Crippen molar-refractivity contribution >= 4 is 16.9 Å². The Labute approximate surface area is 198 Å². The number of carbonyl (C=O) groups excluding carboxylic acids is 1. The summed E-state index contributed by atoms with van der Waals surface area (Å²) in [6, 6.07) is 11.1. The first kappa shape index (κ1) is 22.3. The van der Waals surface area contributed by atoms with Crippen LogP contribution in [0.3, 0.4) is 0 Å². The lowest BCUT2D eigenvalue weighted by atomic mass is 9.87. The zero-order chi connectivity index (χ0) is 23.8. The van der Waals surface area contributed by atoms with Gasteiger partial charge in [0.1, 0.15) is 0 Å². The molecule has 3 aromatic rings. The van der Waals surface area contributed by atoms with E-state index in [4.69, 9.17) is 14.2 Å². The second-order valence-corrected chi connectivity index (χ2v) is 8.73. The maximum atomic E-state index is 13.7. The molecule has 178 valence electrons. The summed E-state index contributed by atoms with van der Waals surface area (Å²) in [4.78, 5) is 33.8. The van der Waals surface area contributed by atoms with E-state index in [0.29, 0.717) is 56.3 Å². The number of morpholine rings is 1. The lowest BCUT2D eigenvalue weighted by molar-refractivity contribution is 0.0399. The molecule has 0 radical (unpaired) electrons. The number of hydrogen-bond acceptors (Lipinski definition) is 5. The fraction of sp³-hybridized carbons (Fsp3) is 0.385. The topological polar surface area (TPSA) is 84.1 Å². The van der Waals surface area contributed by atoms with E-state index < -0.39 is 6.04 Å². The SMILES string of the molecule is COc1cc2c(cc1OC)[C@@H](c1cc3cccc(C)c3[nH]c1=O)N(C(=O)N1CCOCC1)CC2. The van der Waals surface area contributed by atoms with Crippen LogP contribution < -0.4 is 15.0 Å². The van der Waals surface area contributed by atoms with Crippen molar-refractivity contribution in [3.05, 3.63) is 69.0 Å². The molecule has 5 rings (SSSR count). The highest BCUT2D eigenvalue weighted by atomic mass is 16.5. The van der Waals surface area contributed by atoms with E-state index in [-0.39, 0.29) is 11.6 Å². The third-order valence-electron chi connectivity index (χ3n) is 6.81. The number of pyridine rings is 1. The van der Waals surface area contributed by atoms with Crippen LogP contribution in [0.4, 0.5) is 4.79 Å². The van der Waals surface area contributed by atoms with Crippen LogP contribution in [-0.2, 0) is 11.2 Å². The molecule has 2 aromatic carbocycles. The largest absolute Gasteiger partial charge is 0.493 e. The van der Waals surface area contributed by atoms with Crippen molar-refractivity contribution < 1.29 is 19.0 Å². The molecule has 3 heterocycles. The van der Waals surface area contributed by atoms with Crippen LogP contribution in [0.15, 0.2) is 41.2 Å². The molecular formula is C26H29N3O5. The molecule has 1 aromatic heterocycles. The number of aryl methyl sites for hydroxylation is 1. The van der Waals surface area contributed by atoms with Gasteiger partial charge in [0.05, 0.1) is 39.0 Å². The molecular weight excluding hydrogens is 434 g/mol. The van der Waals surface area contributed by atoms with E-state index in [2.05, 4.69) is 4.98 Å². The Kier molecular flexibility index (Phi) is 5.91. The number of fused-ring (bicyclic) bond motifs is 2. The average Bonchev–Trinajstić information content (AvgIpc) is 2.87. The van der Waals surface area contributed by atoms with Gasteiger partial charge in [-0.2, -0.15) is 0 Å². The Morgan fingerprint density at radius 2 is 1.76 bits per heavy atom. The number of para-hydroxylation sites is 1. The first-order chi connectivity index (χ1) is 16.5. The third kappa shape index (κ3) is 3.77. The van der Waals surface area contributed by atoms with Gasteiger partial charge in [-0.05, 0) is 53.6 Å². The summed E-state index contributed by atoms with van der Waals surface area (Å²) in [5.41, 5.74) is 4.06. The van der Waals surface area contributed by atoms with Crippen molar-refractivity contribution in [3.63, 3.8) is 0 Å². The molecule has 0 aliphatic carbocycles. The highest BCUT2D eigenvalue weighted by Crippen LogP contribution is 2.41. The van der Waals surface area contributed by atoms with Crippen LogP contribution in [0.2, 0.25) is 0 Å². The molecule has 0 unspecified atom stereocenters. The van der Waals surface area contributed by atoms with Gasteiger partial charge in [-0.15, -0.1) is 0 Å². The molecule has 8 heteroatoms. The summed E-state index contributed by atoms with van der Waals surface area (Å²) in [6.45, 7) is 4.57. The predicted octanol–water partition coefficient (Wildman–Crippen LogP) is 3.25. The van der Waals surface area contributed by atoms with Gasteiger partial charge in [-0.1, -0.05) is 18.2 Å². The summed E-state index contributed by atoms with van der Waals surface area (Å²) < 4.78 is 16.5. The Hall–Kier alpha value is -3.52. The fourth-order valence-electron chi connectivity index (χ4n) is 5.03. The number of urea groups is 1. The monoisotopic (exact) mass is 463 g/mol. The number of H-pyrrole nitrogens is 1. The molecule has 2 aliphatic rings. The van der Waals surface area contributed by atoms with Gasteiger partial charge in [0, 0.05) is 25.2 Å². The van der Waals surface area contributed by atoms with Crippen LogP contribution in [0.5, 0.6) is 11.5 Å². The molecule has 0 spiro atoms. The summed E-state index contributed by atoms with van der Waals surface area (Å²) in [5.74, 6) is 1.20. The number of carbonyl (C=O) groups is 1. The predicted molar refractivity (Wildman–Crippen MR) is 129 cm³/mol. The van der Waals surface area contributed by atoms with Gasteiger partial charge in [-0.3, -0.25) is 4.79 Å². The summed E-state index contributed by atoms with van der Waals surface area (Å²) in [5, 5.41) is 0.931. The number of nitrogens with zero attached hydrogens (tertiary/aromatic N) is 2. The summed E-state index contributed by atoms with van der Waals surface area (Å²) >= 11 is 0. The molecule has 2 aliphatic heterocycles. The van der Waals surface area contributed by atoms with Crippen molar-refractivity contribution in [1.82, 2.24) is 14.8 Å². The molecule has 8 nitrogen and oxygen atoms in total. The van der Waals surface area contributed by atoms with Crippen LogP contribution in [-0.4, -0.2) is 67.9 Å². The quantitative estimate of drug-likeness (QED) is 0.645. The number of amides is 2. The minimum Gasteiger partial charge on any atom is -0.493 e. The molecule has 0 saturated carbocycles.